The van der Waals surface area contributed by atoms with E-state index in [1.165, 1.54) is 38.4 Å². The summed E-state index contributed by atoms with van der Waals surface area (Å²) in [5.41, 5.74) is 0.0752. The molecule has 12 nitrogen and oxygen atoms in total. The Balaban J connectivity index is 1.85. The molecule has 2 aromatic carbocycles. The summed E-state index contributed by atoms with van der Waals surface area (Å²) in [5.74, 6) is -0.665. The summed E-state index contributed by atoms with van der Waals surface area (Å²) in [6.45, 7) is 0. The van der Waals surface area contributed by atoms with E-state index in [1.807, 2.05) is 0 Å². The van der Waals surface area contributed by atoms with E-state index in [9.17, 15) is 25.9 Å². The van der Waals surface area contributed by atoms with Crippen molar-refractivity contribution >= 4 is 71.6 Å². The zero-order valence-corrected chi connectivity index (χ0v) is 21.3. The standard InChI is InChI=1S/C20H14Cl2N4O8S2/c1-23-9-5-3-7-15(19(9)35(27,28)29)33-17-11(21)14-18(12(22)13(17)25-7)34-16-8(26-14)4-6-10(24-2)20(16)36(30,31)32/h3-6,23,25H,1-2H3,(H,27,28,29)(H,30,31,32). The number of ether oxygens (including phenoxy) is 1. The molecule has 0 radical (unpaired) electrons. The van der Waals surface area contributed by atoms with Gasteiger partial charge in [-0.05, 0) is 24.3 Å². The van der Waals surface area contributed by atoms with E-state index in [0.29, 0.717) is 0 Å². The van der Waals surface area contributed by atoms with Crippen LogP contribution in [-0.4, -0.2) is 45.0 Å². The van der Waals surface area contributed by atoms with Crippen LogP contribution in [0.15, 0.2) is 43.5 Å². The summed E-state index contributed by atoms with van der Waals surface area (Å²) in [6, 6.07) is 5.60. The van der Waals surface area contributed by atoms with Gasteiger partial charge in [0.1, 0.15) is 26.9 Å². The van der Waals surface area contributed by atoms with E-state index in [0.717, 1.165) is 0 Å². The minimum Gasteiger partial charge on any atom is -0.450 e. The van der Waals surface area contributed by atoms with Crippen LogP contribution in [0.25, 0.3) is 22.6 Å². The van der Waals surface area contributed by atoms with Gasteiger partial charge in [0.2, 0.25) is 0 Å². The van der Waals surface area contributed by atoms with Crippen LogP contribution >= 0.6 is 23.2 Å². The molecule has 0 unspecified atom stereocenters. The van der Waals surface area contributed by atoms with Crippen LogP contribution in [0, 0.1) is 0 Å². The number of halogens is 2. The molecule has 4 N–H and O–H groups in total. The maximum atomic E-state index is 12.1. The van der Waals surface area contributed by atoms with Crippen molar-refractivity contribution in [1.29, 1.82) is 0 Å². The van der Waals surface area contributed by atoms with E-state index in [-0.39, 0.29) is 66.5 Å². The number of benzene rings is 3. The summed E-state index contributed by atoms with van der Waals surface area (Å²) >= 11 is 13.1. The second kappa shape index (κ2) is 8.19. The van der Waals surface area contributed by atoms with Gasteiger partial charge < -0.3 is 19.8 Å². The van der Waals surface area contributed by atoms with E-state index in [1.54, 1.807) is 0 Å². The average molecular weight is 573 g/mol. The molecule has 0 amide bonds. The summed E-state index contributed by atoms with van der Waals surface area (Å²) in [6.07, 6.45) is 0. The first kappa shape index (κ1) is 24.5. The zero-order valence-electron chi connectivity index (χ0n) is 18.1. The molecule has 188 valence electrons. The quantitative estimate of drug-likeness (QED) is 0.180. The summed E-state index contributed by atoms with van der Waals surface area (Å²) in [7, 11) is -6.71. The average Bonchev–Trinajstić information content (AvgIpc) is 2.82. The van der Waals surface area contributed by atoms with Crippen molar-refractivity contribution in [3.63, 3.8) is 0 Å². The third-order valence-corrected chi connectivity index (χ3v) is 7.92. The van der Waals surface area contributed by atoms with Gasteiger partial charge in [-0.2, -0.15) is 16.8 Å². The van der Waals surface area contributed by atoms with E-state index < -0.39 is 30.0 Å². The molecule has 0 saturated carbocycles. The summed E-state index contributed by atoms with van der Waals surface area (Å²) in [4.78, 5) is 7.06. The molecule has 2 heterocycles. The predicted molar refractivity (Wildman–Crippen MR) is 131 cm³/mol. The molecule has 16 heteroatoms. The SMILES string of the molecule is CN=c1ccc2nc3c(Cl)c4c(c(Cl)c3oc-2c1S(=O)(=O)O)Nc1ccc(NC)c(S(=O)(=O)O)c1O4. The Morgan fingerprint density at radius 3 is 2.31 bits per heavy atom. The molecule has 36 heavy (non-hydrogen) atoms. The van der Waals surface area contributed by atoms with Crippen LogP contribution < -0.4 is 20.7 Å². The maximum Gasteiger partial charge on any atom is 0.300 e. The molecule has 2 aliphatic heterocycles. The second-order valence-electron chi connectivity index (χ2n) is 7.46. The fraction of sp³-hybridized carbons (Fsp3) is 0.100. The molecule has 1 aliphatic carbocycles. The summed E-state index contributed by atoms with van der Waals surface area (Å²) < 4.78 is 79.7. The van der Waals surface area contributed by atoms with Crippen molar-refractivity contribution in [2.75, 3.05) is 24.7 Å². The molecule has 0 fully saturated rings. The van der Waals surface area contributed by atoms with Crippen molar-refractivity contribution in [3.05, 3.63) is 39.7 Å². The van der Waals surface area contributed by atoms with Gasteiger partial charge in [0.15, 0.2) is 32.6 Å². The van der Waals surface area contributed by atoms with Crippen molar-refractivity contribution in [2.24, 2.45) is 4.99 Å². The minimum atomic E-state index is -4.78. The molecular formula is C20H14Cl2N4O8S2. The van der Waals surface area contributed by atoms with Crippen LogP contribution in [0.1, 0.15) is 0 Å². The van der Waals surface area contributed by atoms with Gasteiger partial charge in [0, 0.05) is 14.1 Å². The Morgan fingerprint density at radius 2 is 1.69 bits per heavy atom. The number of aromatic nitrogens is 1. The van der Waals surface area contributed by atoms with E-state index in [4.69, 9.17) is 32.4 Å². The van der Waals surface area contributed by atoms with Crippen molar-refractivity contribution in [2.45, 2.75) is 9.79 Å². The first-order chi connectivity index (χ1) is 16.9. The predicted octanol–water partition coefficient (Wildman–Crippen LogP) is 4.15. The van der Waals surface area contributed by atoms with Crippen LogP contribution in [0.4, 0.5) is 17.1 Å². The monoisotopic (exact) mass is 572 g/mol. The minimum absolute atomic E-state index is 0.000652. The Hall–Kier alpha value is -3.14. The zero-order chi connectivity index (χ0) is 26.2. The maximum absolute atomic E-state index is 12.1. The Bertz CT molecular complexity index is 1870. The third-order valence-electron chi connectivity index (χ3n) is 5.38. The number of anilines is 3. The van der Waals surface area contributed by atoms with Crippen molar-refractivity contribution < 1.29 is 35.1 Å². The lowest BCUT2D eigenvalue weighted by Crippen LogP contribution is -2.17. The second-order valence-corrected chi connectivity index (χ2v) is 10.9. The van der Waals surface area contributed by atoms with Crippen LogP contribution in [0.3, 0.4) is 0 Å². The Morgan fingerprint density at radius 1 is 1.00 bits per heavy atom. The number of hydrogen-bond acceptors (Lipinski definition) is 10. The number of fused-ring (bicyclic) bond motifs is 4. The third kappa shape index (κ3) is 3.65. The highest BCUT2D eigenvalue weighted by atomic mass is 35.5. The highest BCUT2D eigenvalue weighted by molar-refractivity contribution is 7.86. The van der Waals surface area contributed by atoms with Crippen LogP contribution in [0.2, 0.25) is 10.0 Å². The van der Waals surface area contributed by atoms with E-state index in [2.05, 4.69) is 20.6 Å². The van der Waals surface area contributed by atoms with Gasteiger partial charge in [-0.3, -0.25) is 14.1 Å². The van der Waals surface area contributed by atoms with Gasteiger partial charge in [-0.25, -0.2) is 4.98 Å². The van der Waals surface area contributed by atoms with Crippen molar-refractivity contribution in [1.82, 2.24) is 4.98 Å². The topological polar surface area (TPSA) is 180 Å². The number of rotatable bonds is 3. The number of hydrogen-bond donors (Lipinski definition) is 4. The highest BCUT2D eigenvalue weighted by Crippen LogP contribution is 2.55. The highest BCUT2D eigenvalue weighted by Gasteiger charge is 2.34. The Labute approximate surface area is 213 Å². The van der Waals surface area contributed by atoms with Crippen LogP contribution in [-0.2, 0) is 20.2 Å². The van der Waals surface area contributed by atoms with Crippen LogP contribution in [0.5, 0.6) is 11.5 Å². The molecule has 3 aliphatic rings. The molecule has 0 saturated heterocycles. The van der Waals surface area contributed by atoms with E-state index >= 15 is 0 Å². The summed E-state index contributed by atoms with van der Waals surface area (Å²) in [5, 5.41) is 5.22. The van der Waals surface area contributed by atoms with Gasteiger partial charge in [-0.15, -0.1) is 0 Å². The smallest absolute Gasteiger partial charge is 0.300 e. The molecular weight excluding hydrogens is 559 g/mol. The van der Waals surface area contributed by atoms with Gasteiger partial charge in [0.05, 0.1) is 16.7 Å². The first-order valence-electron chi connectivity index (χ1n) is 9.82. The lowest BCUT2D eigenvalue weighted by atomic mass is 10.1. The fourth-order valence-corrected chi connectivity index (χ4v) is 6.02. The normalized spacial score (nSPS) is 13.8. The van der Waals surface area contributed by atoms with Crippen molar-refractivity contribution in [3.8, 4) is 23.0 Å². The molecule has 2 aromatic rings. The fourth-order valence-electron chi connectivity index (χ4n) is 3.86. The lowest BCUT2D eigenvalue weighted by Gasteiger charge is -2.26. The van der Waals surface area contributed by atoms with Gasteiger partial charge in [-0.1, -0.05) is 23.2 Å². The molecule has 0 bridgehead atoms. The first-order valence-corrected chi connectivity index (χ1v) is 13.5. The number of nitrogens with zero attached hydrogens (tertiary/aromatic N) is 2. The largest absolute Gasteiger partial charge is 0.450 e. The molecule has 0 spiro atoms. The molecule has 0 atom stereocenters. The lowest BCUT2D eigenvalue weighted by molar-refractivity contribution is 0.449. The molecule has 5 rings (SSSR count). The molecule has 0 aromatic heterocycles. The van der Waals surface area contributed by atoms with Gasteiger partial charge in [0.25, 0.3) is 10.1 Å². The Kier molecular flexibility index (Phi) is 5.59. The van der Waals surface area contributed by atoms with Gasteiger partial charge >= 0.3 is 10.1 Å². The number of nitrogens with one attached hydrogen (secondary N) is 2.